The second kappa shape index (κ2) is 7.99. The van der Waals surface area contributed by atoms with Gasteiger partial charge in [-0.2, -0.15) is 0 Å². The molecule has 2 heteroatoms. The van der Waals surface area contributed by atoms with Crippen molar-refractivity contribution in [2.45, 2.75) is 39.2 Å². The van der Waals surface area contributed by atoms with E-state index in [1.54, 1.807) is 7.11 Å². The molecule has 1 atom stereocenters. The van der Waals surface area contributed by atoms with Gasteiger partial charge in [-0.05, 0) is 31.3 Å². The topological polar surface area (TPSA) is 26.3 Å². The van der Waals surface area contributed by atoms with E-state index >= 15 is 0 Å². The zero-order chi connectivity index (χ0) is 10.1. The van der Waals surface area contributed by atoms with Crippen molar-refractivity contribution in [3.05, 3.63) is 12.2 Å². The first-order valence-electron chi connectivity index (χ1n) is 4.83. The fourth-order valence-electron chi connectivity index (χ4n) is 1.14. The normalized spacial score (nSPS) is 13.8. The van der Waals surface area contributed by atoms with E-state index in [1.165, 1.54) is 12.5 Å². The van der Waals surface area contributed by atoms with Gasteiger partial charge < -0.3 is 4.74 Å². The molecule has 0 aliphatic heterocycles. The number of allylic oxidation sites excluding steroid dienone is 1. The highest BCUT2D eigenvalue weighted by Gasteiger charge is 2.05. The van der Waals surface area contributed by atoms with Gasteiger partial charge in [0.1, 0.15) is 6.29 Å². The van der Waals surface area contributed by atoms with Crippen LogP contribution < -0.4 is 0 Å². The Labute approximate surface area is 81.0 Å². The van der Waals surface area contributed by atoms with Crippen LogP contribution >= 0.6 is 0 Å². The largest absolute Gasteiger partial charge is 0.381 e. The van der Waals surface area contributed by atoms with Crippen LogP contribution in [0.3, 0.4) is 0 Å². The fourth-order valence-corrected chi connectivity index (χ4v) is 1.14. The van der Waals surface area contributed by atoms with Gasteiger partial charge in [-0.25, -0.2) is 0 Å². The van der Waals surface area contributed by atoms with Crippen molar-refractivity contribution in [1.82, 2.24) is 0 Å². The Bertz CT molecular complexity index is 150. The van der Waals surface area contributed by atoms with Gasteiger partial charge in [-0.3, -0.25) is 4.79 Å². The lowest BCUT2D eigenvalue weighted by atomic mass is 10.0. The number of carbonyl (C=O) groups excluding carboxylic acids is 1. The van der Waals surface area contributed by atoms with E-state index < -0.39 is 0 Å². The van der Waals surface area contributed by atoms with Crippen molar-refractivity contribution >= 4 is 6.29 Å². The molecule has 0 fully saturated rings. The quantitative estimate of drug-likeness (QED) is 0.449. The molecular formula is C11H20O2. The number of ether oxygens (including phenoxy) is 1. The number of carbonyl (C=O) groups is 1. The van der Waals surface area contributed by atoms with Crippen molar-refractivity contribution in [3.8, 4) is 0 Å². The fraction of sp³-hybridized carbons (Fsp3) is 0.727. The summed E-state index contributed by atoms with van der Waals surface area (Å²) in [6.45, 7) is 4.40. The van der Waals surface area contributed by atoms with E-state index in [0.717, 1.165) is 19.1 Å². The predicted molar refractivity (Wildman–Crippen MR) is 54.7 cm³/mol. The summed E-state index contributed by atoms with van der Waals surface area (Å²) in [7, 11) is 1.72. The molecule has 0 aliphatic rings. The van der Waals surface area contributed by atoms with Crippen LogP contribution in [0.15, 0.2) is 12.2 Å². The van der Waals surface area contributed by atoms with Crippen LogP contribution in [0.2, 0.25) is 0 Å². The van der Waals surface area contributed by atoms with Gasteiger partial charge in [-0.15, -0.1) is 0 Å². The second-order valence-corrected chi connectivity index (χ2v) is 3.63. The highest BCUT2D eigenvalue weighted by atomic mass is 16.5. The van der Waals surface area contributed by atoms with E-state index in [2.05, 4.69) is 13.8 Å². The molecule has 0 aliphatic carbocycles. The zero-order valence-electron chi connectivity index (χ0n) is 8.82. The summed E-state index contributed by atoms with van der Waals surface area (Å²) < 4.78 is 5.28. The third-order valence-electron chi connectivity index (χ3n) is 2.01. The monoisotopic (exact) mass is 184 g/mol. The van der Waals surface area contributed by atoms with Gasteiger partial charge in [0.25, 0.3) is 0 Å². The zero-order valence-corrected chi connectivity index (χ0v) is 8.82. The molecule has 0 aromatic heterocycles. The van der Waals surface area contributed by atoms with Gasteiger partial charge in [0.2, 0.25) is 0 Å². The summed E-state index contributed by atoms with van der Waals surface area (Å²) in [4.78, 5) is 10.0. The summed E-state index contributed by atoms with van der Waals surface area (Å²) in [6, 6.07) is 0. The van der Waals surface area contributed by atoms with Crippen LogP contribution in [-0.2, 0) is 9.53 Å². The van der Waals surface area contributed by atoms with E-state index in [-0.39, 0.29) is 6.10 Å². The molecule has 0 aromatic rings. The molecule has 0 rings (SSSR count). The Hall–Kier alpha value is -0.630. The molecular weight excluding hydrogens is 164 g/mol. The van der Waals surface area contributed by atoms with Crippen molar-refractivity contribution in [3.63, 3.8) is 0 Å². The maximum absolute atomic E-state index is 10.0. The van der Waals surface area contributed by atoms with E-state index in [0.29, 0.717) is 5.92 Å². The molecule has 0 heterocycles. The number of aldehydes is 1. The minimum Gasteiger partial charge on any atom is -0.381 e. The standard InChI is InChI=1S/C11H20O2/c1-10(2)7-8-11(13-3)6-4-5-9-12/h4-5,9-11H,6-8H2,1-3H3/b5-4+. The minimum atomic E-state index is 0.263. The van der Waals surface area contributed by atoms with Crippen molar-refractivity contribution in [1.29, 1.82) is 0 Å². The number of hydrogen-bond acceptors (Lipinski definition) is 2. The lowest BCUT2D eigenvalue weighted by molar-refractivity contribution is -0.104. The smallest absolute Gasteiger partial charge is 0.142 e. The minimum absolute atomic E-state index is 0.263. The number of rotatable bonds is 7. The number of hydrogen-bond donors (Lipinski definition) is 0. The molecule has 0 radical (unpaired) electrons. The van der Waals surface area contributed by atoms with Gasteiger partial charge in [-0.1, -0.05) is 19.9 Å². The SMILES string of the molecule is COC(C/C=C/C=O)CCC(C)C. The first-order valence-corrected chi connectivity index (χ1v) is 4.83. The summed E-state index contributed by atoms with van der Waals surface area (Å²) in [5, 5.41) is 0. The Morgan fingerprint density at radius 3 is 2.46 bits per heavy atom. The van der Waals surface area contributed by atoms with E-state index in [4.69, 9.17) is 4.74 Å². The molecule has 0 amide bonds. The van der Waals surface area contributed by atoms with Gasteiger partial charge in [0.05, 0.1) is 6.10 Å². The molecule has 0 aromatic carbocycles. The van der Waals surface area contributed by atoms with Gasteiger partial charge >= 0.3 is 0 Å². The summed E-state index contributed by atoms with van der Waals surface area (Å²) in [6.07, 6.45) is 7.53. The molecule has 2 nitrogen and oxygen atoms in total. The maximum Gasteiger partial charge on any atom is 0.142 e. The van der Waals surface area contributed by atoms with Crippen molar-refractivity contribution in [2.24, 2.45) is 5.92 Å². The van der Waals surface area contributed by atoms with Gasteiger partial charge in [0.15, 0.2) is 0 Å². The molecule has 0 saturated heterocycles. The molecule has 1 unspecified atom stereocenters. The lowest BCUT2D eigenvalue weighted by Gasteiger charge is -2.14. The molecule has 0 saturated carbocycles. The molecule has 0 bridgehead atoms. The van der Waals surface area contributed by atoms with E-state index in [1.807, 2.05) is 6.08 Å². The third kappa shape index (κ3) is 7.72. The van der Waals surface area contributed by atoms with Crippen LogP contribution in [0.25, 0.3) is 0 Å². The maximum atomic E-state index is 10.0. The van der Waals surface area contributed by atoms with Crippen molar-refractivity contribution < 1.29 is 9.53 Å². The summed E-state index contributed by atoms with van der Waals surface area (Å²) >= 11 is 0. The lowest BCUT2D eigenvalue weighted by Crippen LogP contribution is -2.10. The molecule has 0 N–H and O–H groups in total. The Balaban J connectivity index is 3.62. The number of methoxy groups -OCH3 is 1. The molecule has 76 valence electrons. The Morgan fingerprint density at radius 2 is 2.00 bits per heavy atom. The highest BCUT2D eigenvalue weighted by Crippen LogP contribution is 2.11. The van der Waals surface area contributed by atoms with Crippen LogP contribution in [-0.4, -0.2) is 19.5 Å². The Kier molecular flexibility index (Phi) is 7.60. The molecule has 13 heavy (non-hydrogen) atoms. The van der Waals surface area contributed by atoms with Crippen molar-refractivity contribution in [2.75, 3.05) is 7.11 Å². The Morgan fingerprint density at radius 1 is 1.31 bits per heavy atom. The summed E-state index contributed by atoms with van der Waals surface area (Å²) in [5.41, 5.74) is 0. The van der Waals surface area contributed by atoms with Crippen LogP contribution in [0.1, 0.15) is 33.1 Å². The summed E-state index contributed by atoms with van der Waals surface area (Å²) in [5.74, 6) is 0.715. The molecule has 0 spiro atoms. The van der Waals surface area contributed by atoms with Crippen LogP contribution in [0.5, 0.6) is 0 Å². The average Bonchev–Trinajstić information content (AvgIpc) is 2.10. The second-order valence-electron chi connectivity index (χ2n) is 3.63. The highest BCUT2D eigenvalue weighted by molar-refractivity contribution is 5.64. The third-order valence-corrected chi connectivity index (χ3v) is 2.01. The van der Waals surface area contributed by atoms with E-state index in [9.17, 15) is 4.79 Å². The predicted octanol–water partition coefficient (Wildman–Crippen LogP) is 2.58. The average molecular weight is 184 g/mol. The first-order chi connectivity index (χ1) is 6.20. The first kappa shape index (κ1) is 12.4. The van der Waals surface area contributed by atoms with Crippen LogP contribution in [0, 0.1) is 5.92 Å². The van der Waals surface area contributed by atoms with Gasteiger partial charge in [0, 0.05) is 7.11 Å². The van der Waals surface area contributed by atoms with Crippen LogP contribution in [0.4, 0.5) is 0 Å².